The van der Waals surface area contributed by atoms with E-state index >= 15 is 0 Å². The molecule has 6 heteroatoms. The minimum absolute atomic E-state index is 0.154. The van der Waals surface area contributed by atoms with Crippen molar-refractivity contribution in [1.82, 2.24) is 19.9 Å². The van der Waals surface area contributed by atoms with Crippen LogP contribution in [0.15, 0.2) is 24.4 Å². The molecule has 2 atom stereocenters. The molecule has 0 radical (unpaired) electrons. The number of carbonyl (C=O) groups excluding carboxylic acids is 1. The van der Waals surface area contributed by atoms with E-state index in [1.54, 1.807) is 0 Å². The highest BCUT2D eigenvalue weighted by Gasteiger charge is 2.20. The van der Waals surface area contributed by atoms with Crippen LogP contribution in [0.5, 0.6) is 0 Å². The van der Waals surface area contributed by atoms with Crippen molar-refractivity contribution in [2.45, 2.75) is 39.3 Å². The number of hydrogen-bond donors (Lipinski definition) is 2. The average Bonchev–Trinajstić information content (AvgIpc) is 2.81. The number of amides is 1. The smallest absolute Gasteiger partial charge is 0.237 e. The Bertz CT molecular complexity index is 592. The van der Waals surface area contributed by atoms with Gasteiger partial charge in [-0.3, -0.25) is 9.20 Å². The molecule has 0 saturated heterocycles. The van der Waals surface area contributed by atoms with Gasteiger partial charge in [-0.05, 0) is 31.4 Å². The van der Waals surface area contributed by atoms with Crippen LogP contribution in [-0.2, 0) is 4.79 Å². The molecule has 0 aliphatic heterocycles. The summed E-state index contributed by atoms with van der Waals surface area (Å²) in [6.45, 7) is 5.97. The van der Waals surface area contributed by atoms with E-state index in [-0.39, 0.29) is 11.9 Å². The van der Waals surface area contributed by atoms with Crippen LogP contribution >= 0.6 is 0 Å². The molecule has 0 aromatic carbocycles. The van der Waals surface area contributed by atoms with E-state index in [0.717, 1.165) is 5.65 Å². The predicted molar refractivity (Wildman–Crippen MR) is 77.0 cm³/mol. The van der Waals surface area contributed by atoms with Gasteiger partial charge in [0.1, 0.15) is 0 Å². The van der Waals surface area contributed by atoms with E-state index in [0.29, 0.717) is 18.2 Å². The summed E-state index contributed by atoms with van der Waals surface area (Å²) in [6.07, 6.45) is 2.54. The van der Waals surface area contributed by atoms with Crippen LogP contribution in [0.25, 0.3) is 5.65 Å². The van der Waals surface area contributed by atoms with Crippen molar-refractivity contribution in [2.24, 2.45) is 11.7 Å². The number of rotatable bonds is 5. The number of nitrogens with zero attached hydrogens (tertiary/aromatic N) is 3. The summed E-state index contributed by atoms with van der Waals surface area (Å²) in [4.78, 5) is 12.0. The van der Waals surface area contributed by atoms with Gasteiger partial charge in [0.05, 0.1) is 12.1 Å². The van der Waals surface area contributed by atoms with Crippen molar-refractivity contribution in [3.05, 3.63) is 30.2 Å². The minimum atomic E-state index is -0.489. The van der Waals surface area contributed by atoms with Gasteiger partial charge in [0.25, 0.3) is 0 Å². The lowest BCUT2D eigenvalue weighted by molar-refractivity contribution is -0.123. The van der Waals surface area contributed by atoms with E-state index in [4.69, 9.17) is 5.73 Å². The monoisotopic (exact) mass is 275 g/mol. The second-order valence-corrected chi connectivity index (χ2v) is 5.45. The molecule has 2 aromatic heterocycles. The summed E-state index contributed by atoms with van der Waals surface area (Å²) >= 11 is 0. The van der Waals surface area contributed by atoms with Gasteiger partial charge >= 0.3 is 0 Å². The fraction of sp³-hybridized carbons (Fsp3) is 0.500. The quantitative estimate of drug-likeness (QED) is 0.860. The Morgan fingerprint density at radius 3 is 2.80 bits per heavy atom. The number of aromatic nitrogens is 3. The van der Waals surface area contributed by atoms with Crippen LogP contribution in [0.2, 0.25) is 0 Å². The first-order valence-electron chi connectivity index (χ1n) is 6.84. The first-order valence-corrected chi connectivity index (χ1v) is 6.84. The normalized spacial score (nSPS) is 14.4. The lowest BCUT2D eigenvalue weighted by atomic mass is 10.0. The van der Waals surface area contributed by atoms with Gasteiger partial charge in [0.2, 0.25) is 5.91 Å². The molecule has 6 nitrogen and oxygen atoms in total. The number of nitrogens with two attached hydrogens (primary N) is 1. The van der Waals surface area contributed by atoms with E-state index in [9.17, 15) is 4.79 Å². The third kappa shape index (κ3) is 3.14. The SMILES string of the molecule is CC(C)C[C@H](N)C(=O)NC(C)c1nnc2ccccn12. The van der Waals surface area contributed by atoms with Crippen LogP contribution in [0.1, 0.15) is 39.1 Å². The molecule has 0 fully saturated rings. The van der Waals surface area contributed by atoms with Gasteiger partial charge in [-0.25, -0.2) is 0 Å². The molecule has 2 aromatic rings. The Labute approximate surface area is 118 Å². The summed E-state index contributed by atoms with van der Waals surface area (Å²) in [7, 11) is 0. The maximum atomic E-state index is 12.0. The van der Waals surface area contributed by atoms with E-state index in [1.165, 1.54) is 0 Å². The third-order valence-electron chi connectivity index (χ3n) is 3.15. The van der Waals surface area contributed by atoms with Gasteiger partial charge in [-0.1, -0.05) is 19.9 Å². The largest absolute Gasteiger partial charge is 0.345 e. The maximum absolute atomic E-state index is 12.0. The fourth-order valence-corrected chi connectivity index (χ4v) is 2.16. The van der Waals surface area contributed by atoms with Crippen molar-refractivity contribution >= 4 is 11.6 Å². The van der Waals surface area contributed by atoms with Gasteiger partial charge in [-0.15, -0.1) is 10.2 Å². The predicted octanol–water partition coefficient (Wildman–Crippen LogP) is 1.28. The highest BCUT2D eigenvalue weighted by atomic mass is 16.2. The second-order valence-electron chi connectivity index (χ2n) is 5.45. The molecule has 2 rings (SSSR count). The molecule has 1 unspecified atom stereocenters. The number of pyridine rings is 1. The lowest BCUT2D eigenvalue weighted by Gasteiger charge is -2.17. The van der Waals surface area contributed by atoms with Gasteiger partial charge in [0, 0.05) is 6.20 Å². The van der Waals surface area contributed by atoms with Crippen LogP contribution in [0.4, 0.5) is 0 Å². The van der Waals surface area contributed by atoms with Crippen LogP contribution in [0, 0.1) is 5.92 Å². The number of hydrogen-bond acceptors (Lipinski definition) is 4. The summed E-state index contributed by atoms with van der Waals surface area (Å²) in [6, 6.07) is 4.94. The van der Waals surface area contributed by atoms with Crippen molar-refractivity contribution in [2.75, 3.05) is 0 Å². The zero-order valence-electron chi connectivity index (χ0n) is 12.1. The Hall–Kier alpha value is -1.95. The molecule has 0 bridgehead atoms. The summed E-state index contributed by atoms with van der Waals surface area (Å²) in [5.41, 5.74) is 6.64. The van der Waals surface area contributed by atoms with Gasteiger partial charge in [-0.2, -0.15) is 0 Å². The first-order chi connectivity index (χ1) is 9.49. The average molecular weight is 275 g/mol. The molecular weight excluding hydrogens is 254 g/mol. The molecule has 0 aliphatic carbocycles. The Balaban J connectivity index is 2.08. The van der Waals surface area contributed by atoms with Crippen LogP contribution < -0.4 is 11.1 Å². The van der Waals surface area contributed by atoms with Crippen LogP contribution in [0.3, 0.4) is 0 Å². The highest BCUT2D eigenvalue weighted by molar-refractivity contribution is 5.81. The topological polar surface area (TPSA) is 85.3 Å². The first kappa shape index (κ1) is 14.5. The molecule has 3 N–H and O–H groups in total. The van der Waals surface area contributed by atoms with E-state index in [2.05, 4.69) is 15.5 Å². The van der Waals surface area contributed by atoms with E-state index in [1.807, 2.05) is 49.6 Å². The van der Waals surface area contributed by atoms with Crippen LogP contribution in [-0.4, -0.2) is 26.5 Å². The zero-order valence-corrected chi connectivity index (χ0v) is 12.1. The van der Waals surface area contributed by atoms with Crippen molar-refractivity contribution < 1.29 is 4.79 Å². The van der Waals surface area contributed by atoms with Crippen molar-refractivity contribution in [3.63, 3.8) is 0 Å². The molecule has 108 valence electrons. The molecule has 1 amide bonds. The summed E-state index contributed by atoms with van der Waals surface area (Å²) < 4.78 is 1.86. The van der Waals surface area contributed by atoms with Crippen molar-refractivity contribution in [1.29, 1.82) is 0 Å². The number of fused-ring (bicyclic) bond motifs is 1. The number of carbonyl (C=O) groups is 1. The summed E-state index contributed by atoms with van der Waals surface area (Å²) in [5.74, 6) is 0.935. The standard InChI is InChI=1S/C14H21N5O/c1-9(2)8-11(15)14(20)16-10(3)13-18-17-12-6-4-5-7-19(12)13/h4-7,9-11H,8,15H2,1-3H3,(H,16,20)/t10?,11-/m0/s1. The van der Waals surface area contributed by atoms with Gasteiger partial charge in [0.15, 0.2) is 11.5 Å². The summed E-state index contributed by atoms with van der Waals surface area (Å²) in [5, 5.41) is 11.1. The third-order valence-corrected chi connectivity index (χ3v) is 3.15. The molecule has 0 aliphatic rings. The lowest BCUT2D eigenvalue weighted by Crippen LogP contribution is -2.42. The Morgan fingerprint density at radius 2 is 2.10 bits per heavy atom. The molecule has 0 saturated carbocycles. The van der Waals surface area contributed by atoms with E-state index < -0.39 is 6.04 Å². The van der Waals surface area contributed by atoms with Crippen molar-refractivity contribution in [3.8, 4) is 0 Å². The molecule has 2 heterocycles. The molecule has 0 spiro atoms. The second kappa shape index (κ2) is 6.00. The maximum Gasteiger partial charge on any atom is 0.237 e. The Kier molecular flexibility index (Phi) is 4.34. The zero-order chi connectivity index (χ0) is 14.7. The Morgan fingerprint density at radius 1 is 1.35 bits per heavy atom. The highest BCUT2D eigenvalue weighted by Crippen LogP contribution is 2.12. The van der Waals surface area contributed by atoms with Gasteiger partial charge < -0.3 is 11.1 Å². The molecule has 20 heavy (non-hydrogen) atoms. The molecular formula is C14H21N5O. The fourth-order valence-electron chi connectivity index (χ4n) is 2.16. The number of nitrogens with one attached hydrogen (secondary N) is 1. The minimum Gasteiger partial charge on any atom is -0.345 e.